The van der Waals surface area contributed by atoms with Crippen LogP contribution in [0.25, 0.3) is 37.3 Å². The van der Waals surface area contributed by atoms with Crippen LogP contribution in [0, 0.1) is 0 Å². The van der Waals surface area contributed by atoms with Gasteiger partial charge < -0.3 is 0 Å². The molecule has 0 fully saturated rings. The van der Waals surface area contributed by atoms with Crippen molar-refractivity contribution in [3.8, 4) is 0 Å². The lowest BCUT2D eigenvalue weighted by molar-refractivity contribution is 1.21. The Balaban J connectivity index is 1.33. The summed E-state index contributed by atoms with van der Waals surface area (Å²) >= 11 is 3.49. The van der Waals surface area contributed by atoms with Crippen LogP contribution in [0.15, 0.2) is 78.9 Å². The van der Waals surface area contributed by atoms with E-state index in [1.54, 1.807) is 22.7 Å². The molecule has 5 rings (SSSR count). The first-order valence-corrected chi connectivity index (χ1v) is 10.5. The van der Waals surface area contributed by atoms with Gasteiger partial charge in [-0.1, -0.05) is 60.7 Å². The number of rotatable bonds is 4. The van der Waals surface area contributed by atoms with Gasteiger partial charge in [0.15, 0.2) is 0 Å². The van der Waals surface area contributed by atoms with E-state index in [4.69, 9.17) is 4.98 Å². The lowest BCUT2D eigenvalue weighted by Gasteiger charge is -1.96. The predicted molar refractivity (Wildman–Crippen MR) is 119 cm³/mol. The molecule has 0 atom stereocenters. The van der Waals surface area contributed by atoms with Gasteiger partial charge >= 0.3 is 0 Å². The van der Waals surface area contributed by atoms with Gasteiger partial charge in [-0.05, 0) is 29.7 Å². The molecular formula is C23H16N2S2. The Labute approximate surface area is 165 Å². The van der Waals surface area contributed by atoms with Crippen molar-refractivity contribution in [3.63, 3.8) is 0 Å². The number of benzene rings is 3. The molecule has 3 aromatic carbocycles. The zero-order valence-electron chi connectivity index (χ0n) is 14.5. The van der Waals surface area contributed by atoms with Crippen molar-refractivity contribution in [1.82, 2.24) is 9.97 Å². The normalized spacial score (nSPS) is 12.3. The average Bonchev–Trinajstić information content (AvgIpc) is 3.31. The first-order valence-electron chi connectivity index (χ1n) is 8.83. The molecule has 0 saturated heterocycles. The fourth-order valence-electron chi connectivity index (χ4n) is 3.14. The molecule has 5 aromatic rings. The molecule has 4 heteroatoms. The maximum absolute atomic E-state index is 4.81. The molecule has 0 amide bonds. The van der Waals surface area contributed by atoms with Gasteiger partial charge in [-0.25, -0.2) is 9.97 Å². The lowest BCUT2D eigenvalue weighted by atomic mass is 10.1. The Morgan fingerprint density at radius 2 is 1.67 bits per heavy atom. The Bertz CT molecular complexity index is 1270. The van der Waals surface area contributed by atoms with E-state index in [1.807, 2.05) is 6.07 Å². The van der Waals surface area contributed by atoms with E-state index in [-0.39, 0.29) is 0 Å². The fraction of sp³-hybridized carbons (Fsp3) is 0.0435. The van der Waals surface area contributed by atoms with Crippen LogP contribution in [-0.2, 0) is 6.42 Å². The molecule has 2 heterocycles. The molecule has 27 heavy (non-hydrogen) atoms. The number of nitrogens with zero attached hydrogens (tertiary/aromatic N) is 2. The molecule has 0 N–H and O–H groups in total. The quantitative estimate of drug-likeness (QED) is 0.316. The third kappa shape index (κ3) is 3.29. The molecular weight excluding hydrogens is 368 g/mol. The van der Waals surface area contributed by atoms with Gasteiger partial charge in [0.25, 0.3) is 0 Å². The van der Waals surface area contributed by atoms with E-state index >= 15 is 0 Å². The number of para-hydroxylation sites is 1. The number of hydrogen-bond donors (Lipinski definition) is 0. The summed E-state index contributed by atoms with van der Waals surface area (Å²) in [5, 5.41) is 4.64. The largest absolute Gasteiger partial charge is 0.241 e. The fourth-order valence-corrected chi connectivity index (χ4v) is 4.98. The van der Waals surface area contributed by atoms with Crippen LogP contribution in [0.4, 0.5) is 0 Å². The minimum absolute atomic E-state index is 0.855. The summed E-state index contributed by atoms with van der Waals surface area (Å²) in [4.78, 5) is 9.47. The van der Waals surface area contributed by atoms with Gasteiger partial charge in [0.1, 0.15) is 5.01 Å². The molecule has 0 aliphatic rings. The second-order valence-electron chi connectivity index (χ2n) is 6.25. The second kappa shape index (κ2) is 7.06. The van der Waals surface area contributed by atoms with Crippen molar-refractivity contribution in [2.24, 2.45) is 0 Å². The summed E-state index contributed by atoms with van der Waals surface area (Å²) in [6.07, 6.45) is 9.23. The SMILES string of the molecule is C(C=Cc1nc2c(ccc3ccccc32)s1)=CCc1nc2ccccc2s1. The van der Waals surface area contributed by atoms with Gasteiger partial charge in [-0.15, -0.1) is 22.7 Å². The van der Waals surface area contributed by atoms with Crippen LogP contribution >= 0.6 is 22.7 Å². The van der Waals surface area contributed by atoms with Crippen molar-refractivity contribution in [2.75, 3.05) is 0 Å². The first kappa shape index (κ1) is 16.4. The molecule has 0 aliphatic heterocycles. The van der Waals surface area contributed by atoms with Crippen molar-refractivity contribution in [3.05, 3.63) is 88.9 Å². The standard InChI is InChI=1S/C23H16N2S2/c1(2-12-21-24-18-10-6-7-11-19(18)26-21)3-13-22-25-23-17-9-5-4-8-16(17)14-15-20(23)27-22/h1-11,13-15H,12H2. The van der Waals surface area contributed by atoms with Crippen molar-refractivity contribution in [1.29, 1.82) is 0 Å². The maximum Gasteiger partial charge on any atom is 0.117 e. The van der Waals surface area contributed by atoms with E-state index in [9.17, 15) is 0 Å². The molecule has 0 saturated carbocycles. The Morgan fingerprint density at radius 1 is 0.778 bits per heavy atom. The lowest BCUT2D eigenvalue weighted by Crippen LogP contribution is -1.76. The summed E-state index contributed by atoms with van der Waals surface area (Å²) in [6, 6.07) is 21.0. The summed E-state index contributed by atoms with van der Waals surface area (Å²) in [7, 11) is 0. The van der Waals surface area contributed by atoms with Gasteiger partial charge in [-0.3, -0.25) is 0 Å². The predicted octanol–water partition coefficient (Wildman–Crippen LogP) is 6.87. The van der Waals surface area contributed by atoms with Gasteiger partial charge in [0, 0.05) is 11.8 Å². The third-order valence-corrected chi connectivity index (χ3v) is 6.46. The molecule has 0 bridgehead atoms. The Kier molecular flexibility index (Phi) is 4.28. The molecule has 2 aromatic heterocycles. The number of aromatic nitrogens is 2. The second-order valence-corrected chi connectivity index (χ2v) is 8.43. The van der Waals surface area contributed by atoms with Crippen LogP contribution in [-0.4, -0.2) is 9.97 Å². The maximum atomic E-state index is 4.81. The zero-order valence-corrected chi connectivity index (χ0v) is 16.1. The highest BCUT2D eigenvalue weighted by molar-refractivity contribution is 7.19. The van der Waals surface area contributed by atoms with Crippen LogP contribution in [0.3, 0.4) is 0 Å². The van der Waals surface area contributed by atoms with Crippen molar-refractivity contribution < 1.29 is 0 Å². The number of fused-ring (bicyclic) bond motifs is 4. The van der Waals surface area contributed by atoms with E-state index in [1.165, 1.54) is 20.2 Å². The van der Waals surface area contributed by atoms with E-state index in [0.717, 1.165) is 27.5 Å². The summed E-state index contributed by atoms with van der Waals surface area (Å²) in [6.45, 7) is 0. The van der Waals surface area contributed by atoms with Gasteiger partial charge in [0.05, 0.1) is 25.4 Å². The summed E-state index contributed by atoms with van der Waals surface area (Å²) in [5.41, 5.74) is 2.18. The minimum Gasteiger partial charge on any atom is -0.241 e. The molecule has 0 unspecified atom stereocenters. The zero-order chi connectivity index (χ0) is 18.1. The topological polar surface area (TPSA) is 25.8 Å². The summed E-state index contributed by atoms with van der Waals surface area (Å²) in [5.74, 6) is 0. The number of hydrogen-bond acceptors (Lipinski definition) is 4. The summed E-state index contributed by atoms with van der Waals surface area (Å²) < 4.78 is 2.48. The molecule has 0 spiro atoms. The van der Waals surface area contributed by atoms with Crippen LogP contribution in [0.2, 0.25) is 0 Å². The Hall–Kier alpha value is -2.82. The van der Waals surface area contributed by atoms with Crippen LogP contribution in [0.5, 0.6) is 0 Å². The van der Waals surface area contributed by atoms with Crippen molar-refractivity contribution in [2.45, 2.75) is 6.42 Å². The molecule has 2 nitrogen and oxygen atoms in total. The van der Waals surface area contributed by atoms with Gasteiger partial charge in [-0.2, -0.15) is 0 Å². The molecule has 130 valence electrons. The number of allylic oxidation sites excluding steroid dienone is 3. The highest BCUT2D eigenvalue weighted by atomic mass is 32.1. The minimum atomic E-state index is 0.855. The van der Waals surface area contributed by atoms with E-state index in [0.29, 0.717) is 0 Å². The average molecular weight is 385 g/mol. The van der Waals surface area contributed by atoms with Gasteiger partial charge in [0.2, 0.25) is 0 Å². The van der Waals surface area contributed by atoms with Crippen LogP contribution < -0.4 is 0 Å². The monoisotopic (exact) mass is 384 g/mol. The Morgan fingerprint density at radius 3 is 2.63 bits per heavy atom. The van der Waals surface area contributed by atoms with E-state index < -0.39 is 0 Å². The molecule has 0 radical (unpaired) electrons. The first-order chi connectivity index (χ1) is 13.4. The highest BCUT2D eigenvalue weighted by Crippen LogP contribution is 2.29. The molecule has 0 aliphatic carbocycles. The highest BCUT2D eigenvalue weighted by Gasteiger charge is 2.05. The van der Waals surface area contributed by atoms with Crippen LogP contribution in [0.1, 0.15) is 10.0 Å². The van der Waals surface area contributed by atoms with Crippen molar-refractivity contribution >= 4 is 60.0 Å². The van der Waals surface area contributed by atoms with E-state index in [2.05, 4.69) is 83.9 Å². The smallest absolute Gasteiger partial charge is 0.117 e. The third-order valence-electron chi connectivity index (χ3n) is 4.42. The number of thiazole rings is 2.